The zero-order valence-corrected chi connectivity index (χ0v) is 42.5. The Morgan fingerprint density at radius 2 is 1.13 bits per heavy atom. The maximum atomic E-state index is 14.5. The normalized spacial score (nSPS) is 16.8. The molecule has 68 heavy (non-hydrogen) atoms. The number of carbonyl (C=O) groups excluding carboxylic acids is 6. The molecule has 4 rings (SSSR count). The number of ether oxygens (including phenoxy) is 2. The Balaban J connectivity index is 1.56. The number of alkyl carbamates (subject to hydrolysis) is 2. The van der Waals surface area contributed by atoms with Crippen LogP contribution in [0, 0.1) is 11.3 Å². The fourth-order valence-electron chi connectivity index (χ4n) is 8.11. The van der Waals surface area contributed by atoms with E-state index in [0.717, 1.165) is 11.1 Å². The molecular formula is C49H76N8O10S. The molecule has 0 radical (unpaired) electrons. The smallest absolute Gasteiger partial charge is 0.408 e. The number of carbonyl (C=O) groups is 6. The van der Waals surface area contributed by atoms with Crippen LogP contribution in [0.4, 0.5) is 9.59 Å². The van der Waals surface area contributed by atoms with Crippen LogP contribution in [-0.2, 0) is 51.7 Å². The van der Waals surface area contributed by atoms with E-state index < -0.39 is 80.9 Å². The van der Waals surface area contributed by atoms with Crippen LogP contribution in [-0.4, -0.2) is 140 Å². The summed E-state index contributed by atoms with van der Waals surface area (Å²) < 4.78 is 39.2. The fraction of sp³-hybridized carbons (Fsp3) is 0.633. The number of rotatable bonds is 22. The molecule has 4 atom stereocenters. The minimum absolute atomic E-state index is 0.0594. The monoisotopic (exact) mass is 969 g/mol. The average Bonchev–Trinajstić information content (AvgIpc) is 3.70. The molecular weight excluding hydrogens is 893 g/mol. The molecule has 378 valence electrons. The second-order valence-electron chi connectivity index (χ2n) is 20.7. The second kappa shape index (κ2) is 24.3. The first kappa shape index (κ1) is 55.3. The lowest BCUT2D eigenvalue weighted by Crippen LogP contribution is -2.64. The quantitative estimate of drug-likeness (QED) is 0.105. The number of amides is 6. The molecule has 18 nitrogen and oxygen atoms in total. The van der Waals surface area contributed by atoms with Crippen molar-refractivity contribution in [3.8, 4) is 0 Å². The Morgan fingerprint density at radius 1 is 0.647 bits per heavy atom. The van der Waals surface area contributed by atoms with Crippen molar-refractivity contribution in [2.45, 2.75) is 142 Å². The molecule has 0 aliphatic carbocycles. The van der Waals surface area contributed by atoms with Crippen LogP contribution in [0.1, 0.15) is 105 Å². The minimum Gasteiger partial charge on any atom is -0.444 e. The van der Waals surface area contributed by atoms with Crippen LogP contribution in [0.2, 0.25) is 0 Å². The van der Waals surface area contributed by atoms with Gasteiger partial charge in [-0.05, 0) is 97.1 Å². The van der Waals surface area contributed by atoms with Gasteiger partial charge in [0.1, 0.15) is 35.4 Å². The zero-order chi connectivity index (χ0) is 50.5. The SMILES string of the molecule is CC(C)CC[C@@H](NC(=O)[C@@H](Cc1ccccc1)NC(=O)[C@@H](Cc1ccccc1)NC(=O)OC(C)(C)C)C(=O)N[C@H](CCCCNC(=O)OC(C)(C)C)C(=O)N1CC2(CCN(S(=O)(=O)N(C)C)C2)C1. The van der Waals surface area contributed by atoms with Crippen molar-refractivity contribution < 1.29 is 46.7 Å². The summed E-state index contributed by atoms with van der Waals surface area (Å²) in [6, 6.07) is 13.8. The molecule has 1 spiro atoms. The molecule has 5 N–H and O–H groups in total. The fourth-order valence-corrected chi connectivity index (χ4v) is 9.33. The van der Waals surface area contributed by atoms with Crippen molar-refractivity contribution in [1.82, 2.24) is 40.1 Å². The van der Waals surface area contributed by atoms with Gasteiger partial charge in [0.15, 0.2) is 0 Å². The maximum Gasteiger partial charge on any atom is 0.408 e. The summed E-state index contributed by atoms with van der Waals surface area (Å²) in [4.78, 5) is 84.4. The van der Waals surface area contributed by atoms with Gasteiger partial charge in [-0.2, -0.15) is 17.0 Å². The zero-order valence-electron chi connectivity index (χ0n) is 41.7. The van der Waals surface area contributed by atoms with Crippen LogP contribution in [0.5, 0.6) is 0 Å². The third kappa shape index (κ3) is 17.7. The standard InChI is InChI=1S/C49H76N8O10S/c1-34(2)24-25-37(51-42(59)39(29-35-19-13-11-14-20-35)53-43(60)40(30-36-21-15-12-16-22-36)54-46(63)67-48(6,7)8)41(58)52-38(23-17-18-27-50-45(62)66-47(3,4)5)44(61)56-31-49(32-56)26-28-57(33-49)68(64,65)55(9)10/h11-16,19-22,34,37-40H,17-18,23-33H2,1-10H3,(H,50,62)(H,51,59)(H,52,58)(H,53,60)(H,54,63)/t37-,38-,39-,40-/m1/s1. The molecule has 19 heteroatoms. The summed E-state index contributed by atoms with van der Waals surface area (Å²) in [6.45, 7) is 15.9. The van der Waals surface area contributed by atoms with E-state index in [1.165, 1.54) is 22.7 Å². The van der Waals surface area contributed by atoms with Crippen LogP contribution in [0.15, 0.2) is 60.7 Å². The van der Waals surface area contributed by atoms with E-state index in [1.54, 1.807) is 46.4 Å². The summed E-state index contributed by atoms with van der Waals surface area (Å²) in [6.07, 6.45) is 1.28. The van der Waals surface area contributed by atoms with Crippen molar-refractivity contribution in [3.63, 3.8) is 0 Å². The predicted molar refractivity (Wildman–Crippen MR) is 259 cm³/mol. The molecule has 0 aromatic heterocycles. The van der Waals surface area contributed by atoms with E-state index in [0.29, 0.717) is 45.3 Å². The molecule has 2 aromatic rings. The van der Waals surface area contributed by atoms with E-state index >= 15 is 0 Å². The molecule has 0 saturated carbocycles. The van der Waals surface area contributed by atoms with Gasteiger partial charge < -0.3 is 41.0 Å². The average molecular weight is 969 g/mol. The van der Waals surface area contributed by atoms with Gasteiger partial charge in [-0.3, -0.25) is 19.2 Å². The largest absolute Gasteiger partial charge is 0.444 e. The Labute approximate surface area is 403 Å². The lowest BCUT2D eigenvalue weighted by Gasteiger charge is -2.49. The van der Waals surface area contributed by atoms with Crippen molar-refractivity contribution in [3.05, 3.63) is 71.8 Å². The number of benzene rings is 2. The predicted octanol–water partition coefficient (Wildman–Crippen LogP) is 4.29. The van der Waals surface area contributed by atoms with Gasteiger partial charge in [-0.25, -0.2) is 9.59 Å². The highest BCUT2D eigenvalue weighted by molar-refractivity contribution is 7.86. The van der Waals surface area contributed by atoms with Crippen LogP contribution in [0.25, 0.3) is 0 Å². The van der Waals surface area contributed by atoms with Crippen molar-refractivity contribution in [2.24, 2.45) is 11.3 Å². The first-order valence-electron chi connectivity index (χ1n) is 23.7. The number of nitrogens with zero attached hydrogens (tertiary/aromatic N) is 3. The number of hydrogen-bond donors (Lipinski definition) is 5. The van der Waals surface area contributed by atoms with Gasteiger partial charge in [0.25, 0.3) is 10.2 Å². The minimum atomic E-state index is -3.63. The third-order valence-electron chi connectivity index (χ3n) is 11.6. The third-order valence-corrected chi connectivity index (χ3v) is 13.5. The molecule has 2 heterocycles. The first-order valence-corrected chi connectivity index (χ1v) is 25.1. The summed E-state index contributed by atoms with van der Waals surface area (Å²) in [5.74, 6) is -2.04. The van der Waals surface area contributed by atoms with E-state index in [-0.39, 0.29) is 50.6 Å². The van der Waals surface area contributed by atoms with Gasteiger partial charge in [-0.15, -0.1) is 0 Å². The van der Waals surface area contributed by atoms with Gasteiger partial charge in [0.2, 0.25) is 23.6 Å². The van der Waals surface area contributed by atoms with E-state index in [9.17, 15) is 37.2 Å². The van der Waals surface area contributed by atoms with Crippen molar-refractivity contribution >= 4 is 46.0 Å². The van der Waals surface area contributed by atoms with Crippen LogP contribution < -0.4 is 26.6 Å². The van der Waals surface area contributed by atoms with E-state index in [2.05, 4.69) is 26.6 Å². The lowest BCUT2D eigenvalue weighted by atomic mass is 9.78. The number of likely N-dealkylation sites (tertiary alicyclic amines) is 1. The molecule has 2 aromatic carbocycles. The molecule has 2 aliphatic rings. The Hall–Kier alpha value is -5.27. The highest BCUT2D eigenvalue weighted by Crippen LogP contribution is 2.41. The van der Waals surface area contributed by atoms with Gasteiger partial charge in [0, 0.05) is 65.1 Å². The molecule has 2 saturated heterocycles. The molecule has 0 bridgehead atoms. The number of hydrogen-bond acceptors (Lipinski definition) is 10. The highest BCUT2D eigenvalue weighted by Gasteiger charge is 2.52. The summed E-state index contributed by atoms with van der Waals surface area (Å²) >= 11 is 0. The number of nitrogens with one attached hydrogen (secondary N) is 5. The second-order valence-corrected chi connectivity index (χ2v) is 22.9. The molecule has 0 unspecified atom stereocenters. The van der Waals surface area contributed by atoms with Crippen LogP contribution >= 0.6 is 0 Å². The molecule has 2 fully saturated rings. The first-order chi connectivity index (χ1) is 31.8. The Morgan fingerprint density at radius 3 is 1.65 bits per heavy atom. The van der Waals surface area contributed by atoms with E-state index in [4.69, 9.17) is 9.47 Å². The van der Waals surface area contributed by atoms with Crippen molar-refractivity contribution in [2.75, 3.05) is 46.8 Å². The summed E-state index contributed by atoms with van der Waals surface area (Å²) in [5.41, 5.74) is -0.420. The Kier molecular flexibility index (Phi) is 19.8. The molecule has 2 aliphatic heterocycles. The highest BCUT2D eigenvalue weighted by atomic mass is 32.2. The van der Waals surface area contributed by atoms with Gasteiger partial charge >= 0.3 is 12.2 Å². The topological polar surface area (TPSA) is 225 Å². The van der Waals surface area contributed by atoms with Gasteiger partial charge in [0.05, 0.1) is 0 Å². The van der Waals surface area contributed by atoms with Crippen LogP contribution in [0.3, 0.4) is 0 Å². The summed E-state index contributed by atoms with van der Waals surface area (Å²) in [5, 5.41) is 14.1. The van der Waals surface area contributed by atoms with Crippen molar-refractivity contribution in [1.29, 1.82) is 0 Å². The van der Waals surface area contributed by atoms with E-state index in [1.807, 2.05) is 74.5 Å². The van der Waals surface area contributed by atoms with Gasteiger partial charge in [-0.1, -0.05) is 74.5 Å². The number of unbranched alkanes of at least 4 members (excludes halogenated alkanes) is 1. The lowest BCUT2D eigenvalue weighted by molar-refractivity contribution is -0.147. The molecule has 6 amide bonds. The Bertz CT molecular complexity index is 2120. The summed E-state index contributed by atoms with van der Waals surface area (Å²) in [7, 11) is -0.661. The maximum absolute atomic E-state index is 14.5.